The molecule has 0 aromatic heterocycles. The number of rotatable bonds is 8. The van der Waals surface area contributed by atoms with Crippen molar-refractivity contribution in [2.24, 2.45) is 44.6 Å². The molecule has 0 saturated heterocycles. The fourth-order valence-corrected chi connectivity index (χ4v) is 15.6. The Labute approximate surface area is 671 Å². The quantitative estimate of drug-likeness (QED) is 0.0861. The molecule has 0 radical (unpaired) electrons. The number of benzene rings is 4. The van der Waals surface area contributed by atoms with Crippen molar-refractivity contribution in [2.45, 2.75) is 151 Å². The molecule has 12 rings (SSSR count). The molecular weight excluding hydrogens is 1660 g/mol. The molecule has 580 valence electrons. The molecule has 4 atom stereocenters. The highest BCUT2D eigenvalue weighted by molar-refractivity contribution is 9.11. The summed E-state index contributed by atoms with van der Waals surface area (Å²) in [6.07, 6.45) is 4.00. The Bertz CT molecular complexity index is 4090. The number of ketones is 4. The van der Waals surface area contributed by atoms with E-state index in [0.717, 1.165) is 40.1 Å². The maximum absolute atomic E-state index is 12.9. The molecule has 4 aromatic rings. The van der Waals surface area contributed by atoms with E-state index in [0.29, 0.717) is 120 Å². The minimum Gasteiger partial charge on any atom is -0.496 e. The van der Waals surface area contributed by atoms with Crippen molar-refractivity contribution in [3.63, 3.8) is 0 Å². The molecule has 0 spiro atoms. The van der Waals surface area contributed by atoms with Crippen LogP contribution in [0.2, 0.25) is 0 Å². The summed E-state index contributed by atoms with van der Waals surface area (Å²) in [5.74, 6) is 2.47. The van der Waals surface area contributed by atoms with E-state index in [2.05, 4.69) is 88.0 Å². The second-order valence-corrected chi connectivity index (χ2v) is 33.0. The third-order valence-corrected chi connectivity index (χ3v) is 20.3. The number of hydrogen-bond acceptors (Lipinski definition) is 23. The number of nitriles is 4. The molecule has 4 aliphatic heterocycles. The highest BCUT2D eigenvalue weighted by Crippen LogP contribution is 2.55. The fourth-order valence-electron chi connectivity index (χ4n) is 14.1. The van der Waals surface area contributed by atoms with Crippen molar-refractivity contribution in [1.82, 2.24) is 0 Å². The number of aliphatic hydroxyl groups excluding tert-OH is 3. The summed E-state index contributed by atoms with van der Waals surface area (Å²) in [4.78, 5) is 51.7. The summed E-state index contributed by atoms with van der Waals surface area (Å²) in [5.41, 5.74) is 29.2. The van der Waals surface area contributed by atoms with Gasteiger partial charge in [0.15, 0.2) is 23.1 Å². The summed E-state index contributed by atoms with van der Waals surface area (Å²) < 4.78 is 48.0. The molecule has 0 bridgehead atoms. The lowest BCUT2D eigenvalue weighted by molar-refractivity contribution is -0.119. The monoisotopic (exact) mass is 1750 g/mol. The van der Waals surface area contributed by atoms with Gasteiger partial charge in [0, 0.05) is 134 Å². The Morgan fingerprint density at radius 1 is 0.367 bits per heavy atom. The summed E-state index contributed by atoms with van der Waals surface area (Å²) in [6.45, 7) is 22.0. The van der Waals surface area contributed by atoms with Crippen LogP contribution < -0.4 is 41.9 Å². The van der Waals surface area contributed by atoms with E-state index in [1.54, 1.807) is 73.5 Å². The number of hydrogen-bond donors (Lipinski definition) is 7. The van der Waals surface area contributed by atoms with Crippen LogP contribution in [0.25, 0.3) is 0 Å². The number of carbonyl (C=O) groups is 4. The topological polar surface area (TPSA) is 402 Å². The van der Waals surface area contributed by atoms with Crippen LogP contribution in [0, 0.1) is 67.0 Å². The van der Waals surface area contributed by atoms with E-state index in [1.165, 1.54) is 0 Å². The van der Waals surface area contributed by atoms with Gasteiger partial charge in [-0.2, -0.15) is 21.0 Å². The largest absolute Gasteiger partial charge is 0.496 e. The molecule has 4 aromatic carbocycles. The predicted octanol–water partition coefficient (Wildman–Crippen LogP) is 15.6. The van der Waals surface area contributed by atoms with Crippen molar-refractivity contribution >= 4 is 86.9 Å². The Balaban J connectivity index is 0.000000219. The van der Waals surface area contributed by atoms with Crippen LogP contribution in [0.1, 0.15) is 173 Å². The Kier molecular flexibility index (Phi) is 30.9. The number of nitrogens with zero attached hydrogens (tertiary/aromatic N) is 4. The maximum Gasteiger partial charge on any atom is 0.205 e. The zero-order valence-corrected chi connectivity index (χ0v) is 70.2. The van der Waals surface area contributed by atoms with Crippen molar-refractivity contribution in [3.05, 3.63) is 204 Å². The van der Waals surface area contributed by atoms with Crippen LogP contribution in [-0.4, -0.2) is 86.7 Å². The lowest BCUT2D eigenvalue weighted by Gasteiger charge is -2.37. The first-order chi connectivity index (χ1) is 51.3. The van der Waals surface area contributed by atoms with E-state index in [1.807, 2.05) is 104 Å². The summed E-state index contributed by atoms with van der Waals surface area (Å²) in [5, 5.41) is 61.3. The van der Waals surface area contributed by atoms with Gasteiger partial charge in [-0.3, -0.25) is 19.2 Å². The fraction of sp³-hybridized carbons (Fsp3) is 0.415. The van der Waals surface area contributed by atoms with E-state index < -0.39 is 23.7 Å². The van der Waals surface area contributed by atoms with Gasteiger partial charge in [-0.05, 0) is 115 Å². The van der Waals surface area contributed by atoms with Crippen LogP contribution >= 0.6 is 63.7 Å². The van der Waals surface area contributed by atoms with Crippen LogP contribution in [0.4, 0.5) is 0 Å². The average molecular weight is 1750 g/mol. The van der Waals surface area contributed by atoms with Gasteiger partial charge >= 0.3 is 0 Å². The SMILES string of the molecule is CCO.CCO.CCO.COc1ccc(Br)cc1C1C(C#N)=C(N)OC2=C1C(=O)CC(C)(C)C2.COc1ccc(Br)cc1C1C(C#N)=C(N)OC2=C1C(=O)CC(C)(C)C2.COc1ccc(Br)cc1C1C(C#N)=C(N)OC2=C1C(=O)CC(C)(C)C2.COc1ccc(Br)cc1C1C(C#N)=C(N)OC2=C1C(=O)CC(C)(C)C2. The number of Topliss-reactive ketones (excluding diaryl/α,β-unsaturated/α-hetero) is 4. The van der Waals surface area contributed by atoms with Crippen molar-refractivity contribution in [3.8, 4) is 47.3 Å². The number of aliphatic hydroxyl groups is 3. The van der Waals surface area contributed by atoms with E-state index in [-0.39, 0.29) is 110 Å². The zero-order valence-electron chi connectivity index (χ0n) is 63.9. The predicted molar refractivity (Wildman–Crippen MR) is 424 cm³/mol. The van der Waals surface area contributed by atoms with Crippen LogP contribution in [-0.2, 0) is 38.1 Å². The molecule has 4 aliphatic carbocycles. The number of halogens is 4. The molecule has 11 N–H and O–H groups in total. The second kappa shape index (κ2) is 38.0. The smallest absolute Gasteiger partial charge is 0.205 e. The van der Waals surface area contributed by atoms with E-state index in [4.69, 9.17) is 76.1 Å². The number of methoxy groups -OCH3 is 4. The van der Waals surface area contributed by atoms with Crippen molar-refractivity contribution in [2.75, 3.05) is 48.3 Å². The minimum atomic E-state index is -0.579. The van der Waals surface area contributed by atoms with Crippen LogP contribution in [0.3, 0.4) is 0 Å². The van der Waals surface area contributed by atoms with Gasteiger partial charge in [-0.1, -0.05) is 119 Å². The van der Waals surface area contributed by atoms with Gasteiger partial charge in [-0.25, -0.2) is 0 Å². The number of ether oxygens (including phenoxy) is 8. The number of allylic oxidation sites excluding steroid dienone is 12. The molecule has 109 heavy (non-hydrogen) atoms. The highest BCUT2D eigenvalue weighted by atomic mass is 79.9. The first-order valence-corrected chi connectivity index (χ1v) is 38.0. The number of nitrogens with two attached hydrogens (primary N) is 4. The third-order valence-electron chi connectivity index (χ3n) is 18.3. The third kappa shape index (κ3) is 20.9. The zero-order chi connectivity index (χ0) is 81.5. The van der Waals surface area contributed by atoms with Gasteiger partial charge in [0.05, 0.1) is 52.1 Å². The van der Waals surface area contributed by atoms with Gasteiger partial charge in [0.1, 0.15) is 92.6 Å². The molecule has 4 unspecified atom stereocenters. The molecule has 8 aliphatic rings. The highest BCUT2D eigenvalue weighted by Gasteiger charge is 2.49. The minimum absolute atomic E-state index is 0.0153. The van der Waals surface area contributed by atoms with Crippen LogP contribution in [0.15, 0.2) is 182 Å². The lowest BCUT2D eigenvalue weighted by Crippen LogP contribution is -2.33. The maximum atomic E-state index is 12.9. The van der Waals surface area contributed by atoms with Gasteiger partial charge in [-0.15, -0.1) is 0 Å². The first-order valence-electron chi connectivity index (χ1n) is 34.8. The van der Waals surface area contributed by atoms with E-state index in [9.17, 15) is 40.2 Å². The molecule has 27 heteroatoms. The standard InChI is InChI=1S/4C19H19BrN2O3.3C2H6O/c4*1-19(2)7-13(23)17-15(8-19)25-18(22)12(9-21)16(17)11-6-10(20)4-5-14(11)24-3;3*1-2-3/h4*4-6,16H,7-8,22H2,1-3H3;3*3H,2H2,1H3. The Hall–Kier alpha value is -9.16. The van der Waals surface area contributed by atoms with Gasteiger partial charge in [0.2, 0.25) is 23.5 Å². The summed E-state index contributed by atoms with van der Waals surface area (Å²) in [7, 11) is 6.25. The Morgan fingerprint density at radius 3 is 0.679 bits per heavy atom. The molecule has 4 heterocycles. The van der Waals surface area contributed by atoms with E-state index >= 15 is 0 Å². The molecule has 23 nitrogen and oxygen atoms in total. The average Bonchev–Trinajstić information content (AvgIpc) is 0.765. The molecule has 0 saturated carbocycles. The normalized spacial score (nSPS) is 20.9. The number of carbonyl (C=O) groups excluding carboxylic acids is 4. The van der Waals surface area contributed by atoms with Gasteiger partial charge < -0.3 is 76.1 Å². The first kappa shape index (κ1) is 88.7. The van der Waals surface area contributed by atoms with Crippen LogP contribution in [0.5, 0.6) is 23.0 Å². The molecular formula is C82H94Br4N8O15. The van der Waals surface area contributed by atoms with Gasteiger partial charge in [0.25, 0.3) is 0 Å². The van der Waals surface area contributed by atoms with Crippen molar-refractivity contribution < 1.29 is 72.4 Å². The Morgan fingerprint density at radius 2 is 0.532 bits per heavy atom. The molecule has 0 fully saturated rings. The van der Waals surface area contributed by atoms with Crippen molar-refractivity contribution in [1.29, 1.82) is 21.0 Å². The molecule has 0 amide bonds. The lowest BCUT2D eigenvalue weighted by atomic mass is 9.70. The summed E-state index contributed by atoms with van der Waals surface area (Å²) in [6, 6.07) is 30.5. The summed E-state index contributed by atoms with van der Waals surface area (Å²) >= 11 is 13.8. The second-order valence-electron chi connectivity index (χ2n) is 29.3.